The number of benzene rings is 1. The molecule has 0 amide bonds. The zero-order valence-electron chi connectivity index (χ0n) is 15.5. The summed E-state index contributed by atoms with van der Waals surface area (Å²) in [6.45, 7) is 9.68. The first kappa shape index (κ1) is 17.4. The number of aromatic nitrogens is 4. The Hall–Kier alpha value is -2.47. The van der Waals surface area contributed by atoms with Crippen molar-refractivity contribution in [3.05, 3.63) is 59.0 Å². The minimum atomic E-state index is 0.274. The van der Waals surface area contributed by atoms with Crippen LogP contribution < -0.4 is 0 Å². The van der Waals surface area contributed by atoms with Gasteiger partial charge in [0.25, 0.3) is 0 Å². The zero-order valence-corrected chi connectivity index (χ0v) is 15.5. The molecule has 132 valence electrons. The standard InChI is InChI=1S/C19H25N5O/c1-13(2)19-20-18(25-22-19)12-23(5)11-17-14(3)21-24(15(17)4)16-9-7-6-8-10-16/h6-10,13H,11-12H2,1-5H3. The van der Waals surface area contributed by atoms with E-state index in [1.165, 1.54) is 5.56 Å². The SMILES string of the molecule is Cc1nn(-c2ccccc2)c(C)c1CN(C)Cc1nc(C(C)C)no1. The molecule has 0 saturated heterocycles. The van der Waals surface area contributed by atoms with E-state index >= 15 is 0 Å². The van der Waals surface area contributed by atoms with E-state index in [0.29, 0.717) is 12.4 Å². The molecule has 3 aromatic rings. The van der Waals surface area contributed by atoms with Crippen LogP contribution in [0.25, 0.3) is 5.69 Å². The molecule has 0 aliphatic heterocycles. The van der Waals surface area contributed by atoms with Gasteiger partial charge < -0.3 is 4.52 Å². The first-order valence-electron chi connectivity index (χ1n) is 8.57. The monoisotopic (exact) mass is 339 g/mol. The largest absolute Gasteiger partial charge is 0.338 e. The maximum absolute atomic E-state index is 5.35. The molecule has 6 heteroatoms. The fourth-order valence-electron chi connectivity index (χ4n) is 2.85. The fraction of sp³-hybridized carbons (Fsp3) is 0.421. The smallest absolute Gasteiger partial charge is 0.240 e. The van der Waals surface area contributed by atoms with Gasteiger partial charge in [-0.2, -0.15) is 10.1 Å². The predicted molar refractivity (Wildman–Crippen MR) is 96.6 cm³/mol. The van der Waals surface area contributed by atoms with Crippen molar-refractivity contribution in [2.45, 2.75) is 46.7 Å². The van der Waals surface area contributed by atoms with Gasteiger partial charge in [0.15, 0.2) is 5.82 Å². The number of nitrogens with zero attached hydrogens (tertiary/aromatic N) is 5. The maximum Gasteiger partial charge on any atom is 0.240 e. The molecule has 0 aliphatic rings. The molecule has 6 nitrogen and oxygen atoms in total. The second-order valence-corrected chi connectivity index (χ2v) is 6.77. The number of hydrogen-bond donors (Lipinski definition) is 0. The van der Waals surface area contributed by atoms with Crippen molar-refractivity contribution in [2.24, 2.45) is 0 Å². The molecule has 0 aliphatic carbocycles. The van der Waals surface area contributed by atoms with Crippen LogP contribution in [0.2, 0.25) is 0 Å². The molecule has 3 rings (SSSR count). The van der Waals surface area contributed by atoms with Crippen molar-refractivity contribution in [1.29, 1.82) is 0 Å². The van der Waals surface area contributed by atoms with E-state index in [0.717, 1.165) is 29.4 Å². The lowest BCUT2D eigenvalue weighted by molar-refractivity contribution is 0.259. The van der Waals surface area contributed by atoms with E-state index in [1.807, 2.05) is 22.9 Å². The topological polar surface area (TPSA) is 60.0 Å². The van der Waals surface area contributed by atoms with Crippen LogP contribution in [-0.4, -0.2) is 31.9 Å². The Balaban J connectivity index is 1.75. The Labute approximate surface area is 148 Å². The van der Waals surface area contributed by atoms with E-state index in [9.17, 15) is 0 Å². The van der Waals surface area contributed by atoms with E-state index in [-0.39, 0.29) is 5.92 Å². The van der Waals surface area contributed by atoms with Gasteiger partial charge >= 0.3 is 0 Å². The summed E-state index contributed by atoms with van der Waals surface area (Å²) in [5.74, 6) is 1.68. The van der Waals surface area contributed by atoms with E-state index in [2.05, 4.69) is 61.9 Å². The second kappa shape index (κ2) is 7.19. The third-order valence-corrected chi connectivity index (χ3v) is 4.28. The van der Waals surface area contributed by atoms with Gasteiger partial charge in [0, 0.05) is 23.7 Å². The Morgan fingerprint density at radius 1 is 1.12 bits per heavy atom. The molecular weight excluding hydrogens is 314 g/mol. The Morgan fingerprint density at radius 3 is 2.48 bits per heavy atom. The lowest BCUT2D eigenvalue weighted by atomic mass is 10.2. The highest BCUT2D eigenvalue weighted by molar-refractivity contribution is 5.36. The summed E-state index contributed by atoms with van der Waals surface area (Å²) < 4.78 is 7.35. The van der Waals surface area contributed by atoms with Gasteiger partial charge in [-0.25, -0.2) is 4.68 Å². The summed E-state index contributed by atoms with van der Waals surface area (Å²) in [6, 6.07) is 10.2. The molecule has 0 bridgehead atoms. The normalized spacial score (nSPS) is 11.6. The van der Waals surface area contributed by atoms with Crippen molar-refractivity contribution in [3.8, 4) is 5.69 Å². The van der Waals surface area contributed by atoms with Crippen LogP contribution in [0.3, 0.4) is 0 Å². The fourth-order valence-corrected chi connectivity index (χ4v) is 2.85. The number of rotatable bonds is 6. The van der Waals surface area contributed by atoms with Gasteiger partial charge in [-0.3, -0.25) is 4.90 Å². The lowest BCUT2D eigenvalue weighted by Gasteiger charge is -2.14. The van der Waals surface area contributed by atoms with Gasteiger partial charge in [-0.15, -0.1) is 0 Å². The number of para-hydroxylation sites is 1. The maximum atomic E-state index is 5.35. The van der Waals surface area contributed by atoms with Crippen LogP contribution in [0, 0.1) is 13.8 Å². The van der Waals surface area contributed by atoms with Crippen LogP contribution in [0.15, 0.2) is 34.9 Å². The molecule has 0 unspecified atom stereocenters. The molecule has 0 spiro atoms. The lowest BCUT2D eigenvalue weighted by Crippen LogP contribution is -2.18. The van der Waals surface area contributed by atoms with Gasteiger partial charge in [0.2, 0.25) is 5.89 Å². The third kappa shape index (κ3) is 3.79. The van der Waals surface area contributed by atoms with Gasteiger partial charge in [0.05, 0.1) is 17.9 Å². The molecule has 0 atom stereocenters. The molecule has 0 fully saturated rings. The molecule has 25 heavy (non-hydrogen) atoms. The summed E-state index contributed by atoms with van der Waals surface area (Å²) >= 11 is 0. The predicted octanol–water partition coefficient (Wildman–Crippen LogP) is 3.63. The van der Waals surface area contributed by atoms with Gasteiger partial charge in [0.1, 0.15) is 0 Å². The highest BCUT2D eigenvalue weighted by Gasteiger charge is 2.16. The quantitative estimate of drug-likeness (QED) is 0.686. The van der Waals surface area contributed by atoms with Crippen LogP contribution in [0.4, 0.5) is 0 Å². The van der Waals surface area contributed by atoms with E-state index in [4.69, 9.17) is 9.62 Å². The number of hydrogen-bond acceptors (Lipinski definition) is 5. The first-order chi connectivity index (χ1) is 12.0. The summed E-state index contributed by atoms with van der Waals surface area (Å²) in [7, 11) is 2.05. The molecule has 0 N–H and O–H groups in total. The van der Waals surface area contributed by atoms with E-state index in [1.54, 1.807) is 0 Å². The zero-order chi connectivity index (χ0) is 18.0. The molecule has 2 aromatic heterocycles. The second-order valence-electron chi connectivity index (χ2n) is 6.77. The van der Waals surface area contributed by atoms with E-state index < -0.39 is 0 Å². The highest BCUT2D eigenvalue weighted by atomic mass is 16.5. The minimum absolute atomic E-state index is 0.274. The van der Waals surface area contributed by atoms with Crippen molar-refractivity contribution in [2.75, 3.05) is 7.05 Å². The number of aryl methyl sites for hydroxylation is 1. The van der Waals surface area contributed by atoms with Crippen LogP contribution in [-0.2, 0) is 13.1 Å². The molecule has 1 aromatic carbocycles. The molecule has 0 radical (unpaired) electrons. The van der Waals surface area contributed by atoms with Crippen molar-refractivity contribution < 1.29 is 4.52 Å². The van der Waals surface area contributed by atoms with Crippen molar-refractivity contribution >= 4 is 0 Å². The molecular formula is C19H25N5O. The Kier molecular flexibility index (Phi) is 4.99. The summed E-state index contributed by atoms with van der Waals surface area (Å²) in [4.78, 5) is 6.62. The molecule has 2 heterocycles. The van der Waals surface area contributed by atoms with Crippen LogP contribution in [0.1, 0.15) is 48.4 Å². The van der Waals surface area contributed by atoms with Crippen molar-refractivity contribution in [1.82, 2.24) is 24.8 Å². The van der Waals surface area contributed by atoms with Gasteiger partial charge in [-0.1, -0.05) is 37.2 Å². The van der Waals surface area contributed by atoms with Crippen LogP contribution in [0.5, 0.6) is 0 Å². The average Bonchev–Trinajstić information content (AvgIpc) is 3.16. The summed E-state index contributed by atoms with van der Waals surface area (Å²) in [5, 5.41) is 8.73. The Morgan fingerprint density at radius 2 is 1.84 bits per heavy atom. The Bertz CT molecular complexity index is 835. The van der Waals surface area contributed by atoms with Gasteiger partial charge in [-0.05, 0) is 33.0 Å². The first-order valence-corrected chi connectivity index (χ1v) is 8.57. The van der Waals surface area contributed by atoms with Crippen LogP contribution >= 0.6 is 0 Å². The molecule has 0 saturated carbocycles. The highest BCUT2D eigenvalue weighted by Crippen LogP contribution is 2.20. The average molecular weight is 339 g/mol. The third-order valence-electron chi connectivity index (χ3n) is 4.28. The minimum Gasteiger partial charge on any atom is -0.338 e. The van der Waals surface area contributed by atoms with Crippen molar-refractivity contribution in [3.63, 3.8) is 0 Å². The summed E-state index contributed by atoms with van der Waals surface area (Å²) in [6.07, 6.45) is 0. The summed E-state index contributed by atoms with van der Waals surface area (Å²) in [5.41, 5.74) is 4.51.